The third-order valence-corrected chi connectivity index (χ3v) is 8.46. The molecule has 0 aliphatic carbocycles. The van der Waals surface area contributed by atoms with Crippen LogP contribution in [-0.4, -0.2) is 60.1 Å². The number of carbonyl (C=O) groups excluding carboxylic acids is 1. The van der Waals surface area contributed by atoms with Crippen LogP contribution in [0.2, 0.25) is 0 Å². The molecule has 5 rings (SSSR count). The van der Waals surface area contributed by atoms with Gasteiger partial charge in [0.2, 0.25) is 0 Å². The van der Waals surface area contributed by atoms with Gasteiger partial charge < -0.3 is 9.64 Å². The van der Waals surface area contributed by atoms with Crippen molar-refractivity contribution in [2.45, 2.75) is 50.9 Å². The highest BCUT2D eigenvalue weighted by atomic mass is 79.9. The molecule has 10 heteroatoms. The summed E-state index contributed by atoms with van der Waals surface area (Å²) in [5.74, 6) is -1.38. The summed E-state index contributed by atoms with van der Waals surface area (Å²) >= 11 is 3.16. The van der Waals surface area contributed by atoms with Crippen LogP contribution in [0.25, 0.3) is 22.2 Å². The predicted molar refractivity (Wildman–Crippen MR) is 145 cm³/mol. The van der Waals surface area contributed by atoms with Crippen LogP contribution in [0.5, 0.6) is 0 Å². The molecule has 3 aromatic rings. The van der Waals surface area contributed by atoms with Crippen LogP contribution in [-0.2, 0) is 17.5 Å². The third-order valence-electron chi connectivity index (χ3n) is 7.85. The Morgan fingerprint density at radius 1 is 1.08 bits per heavy atom. The number of likely N-dealkylation sites (tertiary alicyclic amines) is 2. The van der Waals surface area contributed by atoms with Crippen molar-refractivity contribution in [1.82, 2.24) is 14.8 Å². The van der Waals surface area contributed by atoms with Crippen molar-refractivity contribution in [3.05, 3.63) is 63.4 Å². The number of fused-ring (bicyclic) bond motifs is 1. The Morgan fingerprint density at radius 3 is 2.46 bits per heavy atom. The average Bonchev–Trinajstić information content (AvgIpc) is 2.95. The van der Waals surface area contributed by atoms with Crippen molar-refractivity contribution in [1.29, 1.82) is 0 Å². The Labute approximate surface area is 233 Å². The number of hydrogen-bond donors (Lipinski definition) is 0. The summed E-state index contributed by atoms with van der Waals surface area (Å²) in [5, 5.41) is 0.261. The number of pyridine rings is 1. The molecule has 5 nitrogen and oxygen atoms in total. The second-order valence-corrected chi connectivity index (χ2v) is 11.1. The van der Waals surface area contributed by atoms with Crippen LogP contribution in [0.1, 0.15) is 53.6 Å². The summed E-state index contributed by atoms with van der Waals surface area (Å²) in [5.41, 5.74) is -0.0841. The van der Waals surface area contributed by atoms with E-state index in [4.69, 9.17) is 4.74 Å². The molecule has 2 aliphatic heterocycles. The van der Waals surface area contributed by atoms with Gasteiger partial charge in [-0.1, -0.05) is 24.6 Å². The first-order chi connectivity index (χ1) is 18.7. The van der Waals surface area contributed by atoms with E-state index in [0.717, 1.165) is 51.2 Å². The predicted octanol–water partition coefficient (Wildman–Crippen LogP) is 7.06. The molecule has 2 aliphatic rings. The lowest BCUT2D eigenvalue weighted by molar-refractivity contribution is -0.137. The van der Waals surface area contributed by atoms with Crippen molar-refractivity contribution in [2.24, 2.45) is 0 Å². The van der Waals surface area contributed by atoms with Crippen LogP contribution >= 0.6 is 15.9 Å². The number of carbonyl (C=O) groups is 1. The highest BCUT2D eigenvalue weighted by Crippen LogP contribution is 2.37. The Bertz CT molecular complexity index is 1370. The van der Waals surface area contributed by atoms with Gasteiger partial charge in [0, 0.05) is 29.1 Å². The minimum atomic E-state index is -4.57. The second-order valence-electron chi connectivity index (χ2n) is 10.2. The fourth-order valence-corrected chi connectivity index (χ4v) is 6.15. The molecule has 3 heterocycles. The van der Waals surface area contributed by atoms with Crippen molar-refractivity contribution >= 4 is 32.8 Å². The Hall–Kier alpha value is -2.56. The molecule has 39 heavy (non-hydrogen) atoms. The maximum absolute atomic E-state index is 15.3. The molecule has 1 aromatic heterocycles. The molecule has 2 fully saturated rings. The smallest absolute Gasteiger partial charge is 0.416 e. The molecule has 0 N–H and O–H groups in total. The highest BCUT2D eigenvalue weighted by molar-refractivity contribution is 9.10. The average molecular weight is 608 g/mol. The number of nitrogens with zero attached hydrogens (tertiary/aromatic N) is 3. The maximum atomic E-state index is 15.3. The van der Waals surface area contributed by atoms with E-state index in [-0.39, 0.29) is 38.7 Å². The van der Waals surface area contributed by atoms with E-state index in [1.807, 2.05) is 0 Å². The summed E-state index contributed by atoms with van der Waals surface area (Å²) in [6, 6.07) is 8.36. The SMILES string of the molecule is COC(=O)c1c(CN2CCC(N3CCCCC3)CC2)c(-c2cccc(C(F)(F)F)c2)nc2c(F)c(Br)ccc12. The summed E-state index contributed by atoms with van der Waals surface area (Å²) in [6.07, 6.45) is 1.08. The summed E-state index contributed by atoms with van der Waals surface area (Å²) in [7, 11) is 1.24. The number of rotatable bonds is 5. The molecule has 2 saturated heterocycles. The Morgan fingerprint density at radius 2 is 1.79 bits per heavy atom. The van der Waals surface area contributed by atoms with Gasteiger partial charge in [-0.25, -0.2) is 14.2 Å². The molecule has 2 aromatic carbocycles. The number of methoxy groups -OCH3 is 1. The molecular formula is C29H30BrF4N3O2. The highest BCUT2D eigenvalue weighted by Gasteiger charge is 2.32. The molecule has 0 spiro atoms. The minimum absolute atomic E-state index is 0.107. The first-order valence-electron chi connectivity index (χ1n) is 13.2. The van der Waals surface area contributed by atoms with Crippen LogP contribution in [0.15, 0.2) is 40.9 Å². The number of esters is 1. The molecule has 0 radical (unpaired) electrons. The number of piperidine rings is 2. The normalized spacial score (nSPS) is 18.0. The molecule has 0 bridgehead atoms. The zero-order chi connectivity index (χ0) is 27.7. The number of hydrogen-bond acceptors (Lipinski definition) is 5. The monoisotopic (exact) mass is 607 g/mol. The van der Waals surface area contributed by atoms with Gasteiger partial charge in [-0.15, -0.1) is 0 Å². The quantitative estimate of drug-likeness (QED) is 0.229. The summed E-state index contributed by atoms with van der Waals surface area (Å²) in [6.45, 7) is 4.07. The largest absolute Gasteiger partial charge is 0.465 e. The van der Waals surface area contributed by atoms with Gasteiger partial charge >= 0.3 is 12.1 Å². The van der Waals surface area contributed by atoms with Gasteiger partial charge in [-0.2, -0.15) is 13.2 Å². The number of ether oxygens (including phenoxy) is 1. The fraction of sp³-hybridized carbons (Fsp3) is 0.448. The number of benzene rings is 2. The second kappa shape index (κ2) is 11.5. The van der Waals surface area contributed by atoms with E-state index in [2.05, 4.69) is 30.7 Å². The van der Waals surface area contributed by atoms with Crippen molar-refractivity contribution in [2.75, 3.05) is 33.3 Å². The number of halogens is 5. The van der Waals surface area contributed by atoms with Crippen LogP contribution in [0, 0.1) is 5.82 Å². The van der Waals surface area contributed by atoms with E-state index < -0.39 is 23.5 Å². The van der Waals surface area contributed by atoms with Gasteiger partial charge in [0.15, 0.2) is 5.82 Å². The Kier molecular flexibility index (Phi) is 8.26. The number of aromatic nitrogens is 1. The first kappa shape index (κ1) is 28.0. The summed E-state index contributed by atoms with van der Waals surface area (Å²) in [4.78, 5) is 22.5. The van der Waals surface area contributed by atoms with E-state index >= 15 is 4.39 Å². The van der Waals surface area contributed by atoms with E-state index in [1.54, 1.807) is 6.07 Å². The topological polar surface area (TPSA) is 45.7 Å². The van der Waals surface area contributed by atoms with E-state index in [1.165, 1.54) is 44.6 Å². The van der Waals surface area contributed by atoms with Crippen molar-refractivity contribution in [3.63, 3.8) is 0 Å². The Balaban J connectivity index is 1.60. The van der Waals surface area contributed by atoms with Crippen molar-refractivity contribution < 1.29 is 27.1 Å². The first-order valence-corrected chi connectivity index (χ1v) is 14.0. The van der Waals surface area contributed by atoms with Gasteiger partial charge in [-0.3, -0.25) is 4.90 Å². The lowest BCUT2D eigenvalue weighted by atomic mass is 9.94. The van der Waals surface area contributed by atoms with Gasteiger partial charge in [0.25, 0.3) is 0 Å². The maximum Gasteiger partial charge on any atom is 0.416 e. The van der Waals surface area contributed by atoms with E-state index in [9.17, 15) is 18.0 Å². The van der Waals surface area contributed by atoms with Gasteiger partial charge in [0.05, 0.1) is 28.4 Å². The standard InChI is InChI=1S/C29H30BrF4N3O2/c1-39-28(38)24-21-8-9-23(30)25(31)27(21)35-26(18-6-5-7-19(16-18)29(32,33)34)22(24)17-36-14-10-20(11-15-36)37-12-3-2-4-13-37/h5-9,16,20H,2-4,10-15,17H2,1H3. The van der Waals surface area contributed by atoms with Crippen LogP contribution in [0.3, 0.4) is 0 Å². The van der Waals surface area contributed by atoms with Gasteiger partial charge in [0.1, 0.15) is 5.52 Å². The van der Waals surface area contributed by atoms with Crippen LogP contribution in [0.4, 0.5) is 17.6 Å². The molecule has 0 saturated carbocycles. The van der Waals surface area contributed by atoms with E-state index in [0.29, 0.717) is 11.6 Å². The lowest BCUT2D eigenvalue weighted by Gasteiger charge is -2.40. The minimum Gasteiger partial charge on any atom is -0.465 e. The molecule has 0 amide bonds. The fourth-order valence-electron chi connectivity index (χ4n) is 5.83. The zero-order valence-electron chi connectivity index (χ0n) is 21.7. The molecule has 0 atom stereocenters. The van der Waals surface area contributed by atoms with Gasteiger partial charge in [-0.05, 0) is 86.0 Å². The zero-order valence-corrected chi connectivity index (χ0v) is 23.2. The number of alkyl halides is 3. The van der Waals surface area contributed by atoms with Crippen LogP contribution < -0.4 is 0 Å². The molecule has 208 valence electrons. The summed E-state index contributed by atoms with van der Waals surface area (Å²) < 4.78 is 61.3. The molecule has 0 unspecified atom stereocenters. The third kappa shape index (κ3) is 5.83. The van der Waals surface area contributed by atoms with Crippen molar-refractivity contribution in [3.8, 4) is 11.3 Å². The molecular weight excluding hydrogens is 578 g/mol. The lowest BCUT2D eigenvalue weighted by Crippen LogP contribution is -2.46.